The third-order valence-electron chi connectivity index (χ3n) is 1.76. The summed E-state index contributed by atoms with van der Waals surface area (Å²) in [4.78, 5) is 10.3. The topological polar surface area (TPSA) is 50.3 Å². The number of rotatable bonds is 6. The summed E-state index contributed by atoms with van der Waals surface area (Å²) in [6, 6.07) is 0. The van der Waals surface area contributed by atoms with Crippen LogP contribution in [0.15, 0.2) is 12.4 Å². The monoisotopic (exact) mass is 210 g/mol. The molecule has 0 aliphatic carbocycles. The van der Waals surface area contributed by atoms with Crippen molar-refractivity contribution in [2.24, 2.45) is 0 Å². The predicted octanol–water partition coefficient (Wildman–Crippen LogP) is 0.849. The molecule has 0 spiro atoms. The lowest BCUT2D eigenvalue weighted by Crippen LogP contribution is -2.19. The van der Waals surface area contributed by atoms with Gasteiger partial charge in [-0.1, -0.05) is 0 Å². The van der Waals surface area contributed by atoms with Crippen LogP contribution in [-0.2, 0) is 0 Å². The van der Waals surface area contributed by atoms with E-state index in [0.29, 0.717) is 12.5 Å². The molecule has 0 radical (unpaired) electrons. The van der Waals surface area contributed by atoms with Gasteiger partial charge in [0.25, 0.3) is 0 Å². The molecule has 0 aromatic carbocycles. The maximum absolute atomic E-state index is 5.45. The molecular formula is C10H18N4O. The Morgan fingerprint density at radius 2 is 2.20 bits per heavy atom. The lowest BCUT2D eigenvalue weighted by Gasteiger charge is -2.10. The standard InChI is InChI=1S/C10H18N4O/c1-4-12-9-7-11-8-10(13-9)15-6-5-14(2)3/h7-8H,4-6H2,1-3H3,(H,12,13). The number of hydrogen-bond donors (Lipinski definition) is 1. The molecular weight excluding hydrogens is 192 g/mol. The van der Waals surface area contributed by atoms with Crippen LogP contribution in [0.4, 0.5) is 5.82 Å². The zero-order chi connectivity index (χ0) is 11.1. The van der Waals surface area contributed by atoms with E-state index in [0.717, 1.165) is 18.9 Å². The Morgan fingerprint density at radius 1 is 1.40 bits per heavy atom. The van der Waals surface area contributed by atoms with Gasteiger partial charge in [0.05, 0.1) is 12.4 Å². The molecule has 5 nitrogen and oxygen atoms in total. The van der Waals surface area contributed by atoms with Gasteiger partial charge in [-0.2, -0.15) is 4.98 Å². The Hall–Kier alpha value is -1.36. The van der Waals surface area contributed by atoms with Gasteiger partial charge in [0.1, 0.15) is 12.4 Å². The molecule has 1 N–H and O–H groups in total. The fourth-order valence-corrected chi connectivity index (χ4v) is 1.02. The highest BCUT2D eigenvalue weighted by atomic mass is 16.5. The van der Waals surface area contributed by atoms with Gasteiger partial charge in [0.2, 0.25) is 5.88 Å². The van der Waals surface area contributed by atoms with Crippen LogP contribution in [0.3, 0.4) is 0 Å². The minimum absolute atomic E-state index is 0.565. The van der Waals surface area contributed by atoms with Crippen molar-refractivity contribution in [1.82, 2.24) is 14.9 Å². The van der Waals surface area contributed by atoms with Crippen molar-refractivity contribution in [1.29, 1.82) is 0 Å². The van der Waals surface area contributed by atoms with Crippen molar-refractivity contribution in [2.75, 3.05) is 39.1 Å². The van der Waals surface area contributed by atoms with Gasteiger partial charge in [0.15, 0.2) is 0 Å². The Kier molecular flexibility index (Phi) is 4.83. The summed E-state index contributed by atoms with van der Waals surface area (Å²) in [5.74, 6) is 1.31. The van der Waals surface area contributed by atoms with Gasteiger partial charge in [-0.05, 0) is 21.0 Å². The molecule has 0 atom stereocenters. The molecule has 0 amide bonds. The Bertz CT molecular complexity index is 291. The summed E-state index contributed by atoms with van der Waals surface area (Å²) in [6.45, 7) is 4.33. The van der Waals surface area contributed by atoms with Crippen molar-refractivity contribution in [2.45, 2.75) is 6.92 Å². The van der Waals surface area contributed by atoms with Gasteiger partial charge in [-0.25, -0.2) is 0 Å². The minimum Gasteiger partial charge on any atom is -0.475 e. The van der Waals surface area contributed by atoms with Crippen LogP contribution >= 0.6 is 0 Å². The summed E-state index contributed by atoms with van der Waals surface area (Å²) in [5.41, 5.74) is 0. The van der Waals surface area contributed by atoms with Crippen LogP contribution in [0, 0.1) is 0 Å². The van der Waals surface area contributed by atoms with Crippen molar-refractivity contribution in [3.8, 4) is 5.88 Å². The second-order valence-electron chi connectivity index (χ2n) is 3.42. The van der Waals surface area contributed by atoms with E-state index in [1.807, 2.05) is 21.0 Å². The highest BCUT2D eigenvalue weighted by Crippen LogP contribution is 2.08. The molecule has 15 heavy (non-hydrogen) atoms. The Balaban J connectivity index is 2.43. The zero-order valence-electron chi connectivity index (χ0n) is 9.53. The van der Waals surface area contributed by atoms with E-state index in [-0.39, 0.29) is 0 Å². The van der Waals surface area contributed by atoms with Gasteiger partial charge in [-0.3, -0.25) is 4.98 Å². The first kappa shape index (κ1) is 11.7. The van der Waals surface area contributed by atoms with Crippen LogP contribution in [0.5, 0.6) is 5.88 Å². The van der Waals surface area contributed by atoms with Crippen LogP contribution < -0.4 is 10.1 Å². The lowest BCUT2D eigenvalue weighted by atomic mass is 10.6. The van der Waals surface area contributed by atoms with Crippen LogP contribution in [0.1, 0.15) is 6.92 Å². The smallest absolute Gasteiger partial charge is 0.234 e. The molecule has 0 fully saturated rings. The molecule has 1 aromatic rings. The molecule has 0 saturated carbocycles. The fourth-order valence-electron chi connectivity index (χ4n) is 1.02. The SMILES string of the molecule is CCNc1cncc(OCCN(C)C)n1. The number of likely N-dealkylation sites (N-methyl/N-ethyl adjacent to an activating group) is 1. The van der Waals surface area contributed by atoms with Gasteiger partial charge in [-0.15, -0.1) is 0 Å². The molecule has 1 aromatic heterocycles. The number of aromatic nitrogens is 2. The van der Waals surface area contributed by atoms with E-state index in [4.69, 9.17) is 4.74 Å². The third kappa shape index (κ3) is 4.60. The van der Waals surface area contributed by atoms with Crippen molar-refractivity contribution in [3.05, 3.63) is 12.4 Å². The highest BCUT2D eigenvalue weighted by Gasteiger charge is 1.98. The first-order valence-corrected chi connectivity index (χ1v) is 5.06. The Labute approximate surface area is 90.5 Å². The number of nitrogens with one attached hydrogen (secondary N) is 1. The normalized spacial score (nSPS) is 10.4. The van der Waals surface area contributed by atoms with Gasteiger partial charge >= 0.3 is 0 Å². The molecule has 1 heterocycles. The van der Waals surface area contributed by atoms with E-state index < -0.39 is 0 Å². The second kappa shape index (κ2) is 6.19. The van der Waals surface area contributed by atoms with E-state index in [1.165, 1.54) is 0 Å². The molecule has 0 unspecified atom stereocenters. The zero-order valence-corrected chi connectivity index (χ0v) is 9.53. The number of ether oxygens (including phenoxy) is 1. The van der Waals surface area contributed by atoms with Crippen LogP contribution in [0.25, 0.3) is 0 Å². The quantitative estimate of drug-likeness (QED) is 0.754. The lowest BCUT2D eigenvalue weighted by molar-refractivity contribution is 0.253. The van der Waals surface area contributed by atoms with E-state index >= 15 is 0 Å². The number of nitrogens with zero attached hydrogens (tertiary/aromatic N) is 3. The highest BCUT2D eigenvalue weighted by molar-refractivity contribution is 5.32. The fraction of sp³-hybridized carbons (Fsp3) is 0.600. The largest absolute Gasteiger partial charge is 0.475 e. The summed E-state index contributed by atoms with van der Waals surface area (Å²) in [7, 11) is 4.01. The molecule has 1 rings (SSSR count). The maximum atomic E-state index is 5.45. The maximum Gasteiger partial charge on any atom is 0.234 e. The summed E-state index contributed by atoms with van der Waals surface area (Å²) in [6.07, 6.45) is 3.30. The second-order valence-corrected chi connectivity index (χ2v) is 3.42. The van der Waals surface area contributed by atoms with Crippen molar-refractivity contribution < 1.29 is 4.74 Å². The van der Waals surface area contributed by atoms with Crippen LogP contribution in [-0.4, -0.2) is 48.7 Å². The molecule has 0 aliphatic heterocycles. The first-order chi connectivity index (χ1) is 7.22. The Morgan fingerprint density at radius 3 is 2.87 bits per heavy atom. The third-order valence-corrected chi connectivity index (χ3v) is 1.76. The minimum atomic E-state index is 0.565. The number of hydrogen-bond acceptors (Lipinski definition) is 5. The van der Waals surface area contributed by atoms with E-state index in [2.05, 4.69) is 20.2 Å². The van der Waals surface area contributed by atoms with Crippen molar-refractivity contribution >= 4 is 5.82 Å². The molecule has 84 valence electrons. The van der Waals surface area contributed by atoms with Crippen LogP contribution in [0.2, 0.25) is 0 Å². The summed E-state index contributed by atoms with van der Waals surface area (Å²) in [5, 5.41) is 3.08. The van der Waals surface area contributed by atoms with E-state index in [9.17, 15) is 0 Å². The molecule has 5 heteroatoms. The summed E-state index contributed by atoms with van der Waals surface area (Å²) < 4.78 is 5.45. The van der Waals surface area contributed by atoms with E-state index in [1.54, 1.807) is 12.4 Å². The first-order valence-electron chi connectivity index (χ1n) is 5.06. The molecule has 0 bridgehead atoms. The average Bonchev–Trinajstić information content (AvgIpc) is 2.18. The average molecular weight is 210 g/mol. The van der Waals surface area contributed by atoms with Gasteiger partial charge in [0, 0.05) is 13.1 Å². The molecule has 0 aliphatic rings. The number of anilines is 1. The van der Waals surface area contributed by atoms with Crippen molar-refractivity contribution in [3.63, 3.8) is 0 Å². The predicted molar refractivity (Wildman–Crippen MR) is 60.2 cm³/mol. The van der Waals surface area contributed by atoms with Gasteiger partial charge < -0.3 is 15.0 Å². The molecule has 0 saturated heterocycles. The summed E-state index contributed by atoms with van der Waals surface area (Å²) >= 11 is 0.